The Morgan fingerprint density at radius 3 is 2.34 bits per heavy atom. The molecular weight excluding hydrogens is 420 g/mol. The van der Waals surface area contributed by atoms with Gasteiger partial charge in [-0.25, -0.2) is 15.0 Å². The molecule has 0 aliphatic rings. The molecule has 7 nitrogen and oxygen atoms in total. The van der Waals surface area contributed by atoms with Gasteiger partial charge >= 0.3 is 0 Å². The molecule has 8 heteroatoms. The Bertz CT molecular complexity index is 1540. The number of nitrogens with one attached hydrogen (secondary N) is 1. The number of hydrogen-bond acceptors (Lipinski definition) is 8. The fourth-order valence-electron chi connectivity index (χ4n) is 3.42. The van der Waals surface area contributed by atoms with Gasteiger partial charge in [-0.05, 0) is 43.3 Å². The minimum atomic E-state index is 0.263. The Labute approximate surface area is 186 Å². The number of anilines is 2. The third-order valence-electron chi connectivity index (χ3n) is 5.04. The fraction of sp³-hybridized carbons (Fsp3) is 0.0417. The molecule has 0 aliphatic carbocycles. The molecule has 3 aromatic heterocycles. The van der Waals surface area contributed by atoms with Crippen LogP contribution in [0, 0.1) is 6.92 Å². The van der Waals surface area contributed by atoms with E-state index in [1.165, 1.54) is 0 Å². The molecule has 3 heterocycles. The van der Waals surface area contributed by atoms with Crippen molar-refractivity contribution in [1.82, 2.24) is 25.1 Å². The predicted molar refractivity (Wildman–Crippen MR) is 126 cm³/mol. The highest BCUT2D eigenvalue weighted by molar-refractivity contribution is 7.22. The first-order valence-corrected chi connectivity index (χ1v) is 10.8. The van der Waals surface area contributed by atoms with Gasteiger partial charge in [0.25, 0.3) is 5.89 Å². The molecule has 0 bridgehead atoms. The lowest BCUT2D eigenvalue weighted by Gasteiger charge is -2.07. The average Bonchev–Trinajstić information content (AvgIpc) is 3.46. The van der Waals surface area contributed by atoms with Crippen molar-refractivity contribution in [1.29, 1.82) is 0 Å². The van der Waals surface area contributed by atoms with Crippen molar-refractivity contribution in [3.63, 3.8) is 0 Å². The van der Waals surface area contributed by atoms with Crippen LogP contribution in [0.5, 0.6) is 0 Å². The minimum Gasteiger partial charge on any atom is -0.413 e. The van der Waals surface area contributed by atoms with Crippen molar-refractivity contribution in [2.75, 3.05) is 5.32 Å². The Morgan fingerprint density at radius 1 is 0.750 bits per heavy atom. The van der Waals surface area contributed by atoms with E-state index in [0.717, 1.165) is 37.4 Å². The van der Waals surface area contributed by atoms with E-state index in [0.29, 0.717) is 17.5 Å². The standard InChI is InChI=1S/C24H16N6OS/c1-14-10-12-15(13-11-14)22-29-30-23(31-22)21-25-17-7-3-2-6-16(17)20(27-21)28-24-26-18-8-4-5-9-19(18)32-24/h2-13H,1H3,(H,25,26,27,28). The van der Waals surface area contributed by atoms with Gasteiger partial charge in [-0.3, -0.25) is 0 Å². The first kappa shape index (κ1) is 18.6. The highest BCUT2D eigenvalue weighted by Crippen LogP contribution is 2.31. The molecule has 3 aromatic carbocycles. The van der Waals surface area contributed by atoms with Gasteiger partial charge in [0, 0.05) is 10.9 Å². The zero-order chi connectivity index (χ0) is 21.5. The second-order valence-electron chi connectivity index (χ2n) is 7.30. The van der Waals surface area contributed by atoms with E-state index in [4.69, 9.17) is 9.40 Å². The van der Waals surface area contributed by atoms with Gasteiger partial charge in [0.15, 0.2) is 5.13 Å². The number of fused-ring (bicyclic) bond motifs is 2. The van der Waals surface area contributed by atoms with Crippen molar-refractivity contribution in [2.24, 2.45) is 0 Å². The molecule has 1 N–H and O–H groups in total. The summed E-state index contributed by atoms with van der Waals surface area (Å²) in [5.74, 6) is 1.69. The van der Waals surface area contributed by atoms with E-state index in [9.17, 15) is 0 Å². The van der Waals surface area contributed by atoms with Crippen LogP contribution in [0.1, 0.15) is 5.56 Å². The van der Waals surface area contributed by atoms with Crippen LogP contribution in [-0.4, -0.2) is 25.1 Å². The summed E-state index contributed by atoms with van der Waals surface area (Å²) < 4.78 is 7.01. The molecule has 6 aromatic rings. The lowest BCUT2D eigenvalue weighted by Crippen LogP contribution is -1.99. The van der Waals surface area contributed by atoms with E-state index in [1.807, 2.05) is 79.7 Å². The molecule has 0 saturated carbocycles. The third-order valence-corrected chi connectivity index (χ3v) is 5.99. The van der Waals surface area contributed by atoms with Gasteiger partial charge in [-0.1, -0.05) is 53.3 Å². The summed E-state index contributed by atoms with van der Waals surface area (Å²) in [6, 6.07) is 23.7. The summed E-state index contributed by atoms with van der Waals surface area (Å²) in [5.41, 5.74) is 3.73. The third kappa shape index (κ3) is 3.36. The summed E-state index contributed by atoms with van der Waals surface area (Å²) in [5, 5.41) is 13.4. The molecule has 154 valence electrons. The maximum Gasteiger partial charge on any atom is 0.286 e. The molecule has 6 rings (SSSR count). The number of hydrogen-bond donors (Lipinski definition) is 1. The van der Waals surface area contributed by atoms with Gasteiger partial charge in [0.1, 0.15) is 5.82 Å². The van der Waals surface area contributed by atoms with Gasteiger partial charge in [-0.2, -0.15) is 0 Å². The van der Waals surface area contributed by atoms with Gasteiger partial charge in [0.05, 0.1) is 15.7 Å². The Hall–Kier alpha value is -4.17. The number of rotatable bonds is 4. The van der Waals surface area contributed by atoms with Crippen molar-refractivity contribution in [3.05, 3.63) is 78.4 Å². The van der Waals surface area contributed by atoms with E-state index >= 15 is 0 Å². The number of aromatic nitrogens is 5. The van der Waals surface area contributed by atoms with Crippen LogP contribution in [0.25, 0.3) is 44.3 Å². The zero-order valence-electron chi connectivity index (χ0n) is 17.0. The van der Waals surface area contributed by atoms with E-state index in [2.05, 4.69) is 25.5 Å². The van der Waals surface area contributed by atoms with Gasteiger partial charge in [-0.15, -0.1) is 10.2 Å². The summed E-state index contributed by atoms with van der Waals surface area (Å²) in [6.45, 7) is 2.03. The van der Waals surface area contributed by atoms with E-state index in [1.54, 1.807) is 11.3 Å². The van der Waals surface area contributed by atoms with Crippen LogP contribution in [-0.2, 0) is 0 Å². The Balaban J connectivity index is 1.42. The highest BCUT2D eigenvalue weighted by atomic mass is 32.1. The quantitative estimate of drug-likeness (QED) is 0.362. The Kier molecular flexibility index (Phi) is 4.36. The molecule has 0 saturated heterocycles. The molecule has 0 aliphatic heterocycles. The average molecular weight is 437 g/mol. The number of nitrogens with zero attached hydrogens (tertiary/aromatic N) is 5. The number of para-hydroxylation sites is 2. The maximum absolute atomic E-state index is 5.91. The molecular formula is C24H16N6OS. The van der Waals surface area contributed by atoms with Crippen molar-refractivity contribution in [2.45, 2.75) is 6.92 Å². The van der Waals surface area contributed by atoms with Crippen LogP contribution in [0.15, 0.2) is 77.2 Å². The first-order valence-electron chi connectivity index (χ1n) is 10.0. The van der Waals surface area contributed by atoms with Gasteiger partial charge < -0.3 is 9.73 Å². The lowest BCUT2D eigenvalue weighted by atomic mass is 10.1. The van der Waals surface area contributed by atoms with Crippen LogP contribution >= 0.6 is 11.3 Å². The lowest BCUT2D eigenvalue weighted by molar-refractivity contribution is 0.579. The normalized spacial score (nSPS) is 11.3. The smallest absolute Gasteiger partial charge is 0.286 e. The van der Waals surface area contributed by atoms with Crippen molar-refractivity contribution >= 4 is 43.4 Å². The molecule has 0 atom stereocenters. The monoisotopic (exact) mass is 436 g/mol. The number of thiazole rings is 1. The maximum atomic E-state index is 5.91. The van der Waals surface area contributed by atoms with Crippen LogP contribution in [0.2, 0.25) is 0 Å². The molecule has 32 heavy (non-hydrogen) atoms. The largest absolute Gasteiger partial charge is 0.413 e. The molecule has 0 amide bonds. The summed E-state index contributed by atoms with van der Waals surface area (Å²) in [7, 11) is 0. The zero-order valence-corrected chi connectivity index (χ0v) is 17.8. The fourth-order valence-corrected chi connectivity index (χ4v) is 4.29. The highest BCUT2D eigenvalue weighted by Gasteiger charge is 2.17. The molecule has 0 unspecified atom stereocenters. The molecule has 0 fully saturated rings. The summed E-state index contributed by atoms with van der Waals surface area (Å²) in [4.78, 5) is 14.0. The topological polar surface area (TPSA) is 89.6 Å². The second kappa shape index (κ2) is 7.51. The summed E-state index contributed by atoms with van der Waals surface area (Å²) >= 11 is 1.57. The molecule has 0 radical (unpaired) electrons. The van der Waals surface area contributed by atoms with Crippen molar-refractivity contribution < 1.29 is 4.42 Å². The SMILES string of the molecule is Cc1ccc(-c2nnc(-c3nc(Nc4nc5ccccc5s4)c4ccccc4n3)o2)cc1. The van der Waals surface area contributed by atoms with E-state index in [-0.39, 0.29) is 5.89 Å². The Morgan fingerprint density at radius 2 is 1.50 bits per heavy atom. The number of benzene rings is 3. The predicted octanol–water partition coefficient (Wildman–Crippen LogP) is 6.01. The second-order valence-corrected chi connectivity index (χ2v) is 8.33. The van der Waals surface area contributed by atoms with Crippen LogP contribution in [0.4, 0.5) is 10.9 Å². The van der Waals surface area contributed by atoms with Crippen LogP contribution < -0.4 is 5.32 Å². The summed E-state index contributed by atoms with van der Waals surface area (Å²) in [6.07, 6.45) is 0. The molecule has 0 spiro atoms. The van der Waals surface area contributed by atoms with Crippen molar-refractivity contribution in [3.8, 4) is 23.2 Å². The van der Waals surface area contributed by atoms with Gasteiger partial charge in [0.2, 0.25) is 11.7 Å². The minimum absolute atomic E-state index is 0.263. The van der Waals surface area contributed by atoms with Crippen LogP contribution in [0.3, 0.4) is 0 Å². The van der Waals surface area contributed by atoms with E-state index < -0.39 is 0 Å². The first-order chi connectivity index (χ1) is 15.7. The number of aryl methyl sites for hydroxylation is 1.